The number of alkyl halides is 3. The first kappa shape index (κ1) is 14.8. The molecule has 2 aromatic heterocycles. The van der Waals surface area contributed by atoms with Crippen LogP contribution in [0.3, 0.4) is 0 Å². The smallest absolute Gasteiger partial charge is 0.465 e. The Kier molecular flexibility index (Phi) is 3.36. The van der Waals surface area contributed by atoms with Gasteiger partial charge in [0.25, 0.3) is 0 Å². The molecule has 0 aliphatic heterocycles. The minimum absolute atomic E-state index is 0.0891. The number of hydrogen-bond acceptors (Lipinski definition) is 5. The van der Waals surface area contributed by atoms with Gasteiger partial charge in [0.15, 0.2) is 0 Å². The number of carboxylic acid groups (broad SMARTS) is 1. The van der Waals surface area contributed by atoms with Crippen molar-refractivity contribution in [3.8, 4) is 11.4 Å². The van der Waals surface area contributed by atoms with Crippen molar-refractivity contribution in [2.45, 2.75) is 6.18 Å². The minimum Gasteiger partial charge on any atom is -0.465 e. The molecule has 0 saturated carbocycles. The number of pyridine rings is 1. The highest BCUT2D eigenvalue weighted by molar-refractivity contribution is 5.90. The number of nitrogens with zero attached hydrogens (tertiary/aromatic N) is 3. The second-order valence-corrected chi connectivity index (χ2v) is 4.48. The molecule has 3 rings (SSSR count). The van der Waals surface area contributed by atoms with Crippen molar-refractivity contribution < 1.29 is 27.6 Å². The Morgan fingerprint density at radius 1 is 1.22 bits per heavy atom. The number of aromatic nitrogens is 3. The molecule has 7 nitrogen and oxygen atoms in total. The fraction of sp³-hybridized carbons (Fsp3) is 0.0769. The maximum atomic E-state index is 12.5. The van der Waals surface area contributed by atoms with E-state index in [2.05, 4.69) is 25.0 Å². The average Bonchev–Trinajstić information content (AvgIpc) is 2.95. The maximum Gasteiger partial charge on any atom is 0.471 e. The third-order valence-corrected chi connectivity index (χ3v) is 2.88. The summed E-state index contributed by atoms with van der Waals surface area (Å²) in [5.41, 5.74) is 0.296. The van der Waals surface area contributed by atoms with Gasteiger partial charge in [0.05, 0.1) is 0 Å². The second kappa shape index (κ2) is 5.23. The maximum absolute atomic E-state index is 12.5. The molecule has 118 valence electrons. The van der Waals surface area contributed by atoms with E-state index in [1.54, 1.807) is 6.07 Å². The van der Waals surface area contributed by atoms with Gasteiger partial charge in [0, 0.05) is 17.1 Å². The lowest BCUT2D eigenvalue weighted by Gasteiger charge is -2.03. The summed E-state index contributed by atoms with van der Waals surface area (Å²) < 4.78 is 41.6. The first-order valence-corrected chi connectivity index (χ1v) is 6.14. The van der Waals surface area contributed by atoms with E-state index in [1.807, 2.05) is 0 Å². The molecule has 1 aromatic carbocycles. The lowest BCUT2D eigenvalue weighted by Crippen LogP contribution is -2.08. The number of nitrogens with one attached hydrogen (secondary N) is 1. The Morgan fingerprint density at radius 3 is 2.65 bits per heavy atom. The number of halogens is 3. The Bertz CT molecular complexity index is 892. The molecule has 23 heavy (non-hydrogen) atoms. The van der Waals surface area contributed by atoms with Gasteiger partial charge in [-0.3, -0.25) is 5.32 Å². The first-order valence-electron chi connectivity index (χ1n) is 6.14. The lowest BCUT2D eigenvalue weighted by atomic mass is 10.1. The fourth-order valence-corrected chi connectivity index (χ4v) is 1.91. The second-order valence-electron chi connectivity index (χ2n) is 4.48. The predicted molar refractivity (Wildman–Crippen MR) is 71.7 cm³/mol. The zero-order valence-corrected chi connectivity index (χ0v) is 11.1. The molecule has 0 radical (unpaired) electrons. The van der Waals surface area contributed by atoms with E-state index in [9.17, 15) is 18.0 Å². The monoisotopic (exact) mass is 324 g/mol. The van der Waals surface area contributed by atoms with Crippen LogP contribution in [0.25, 0.3) is 22.2 Å². The van der Waals surface area contributed by atoms with Gasteiger partial charge < -0.3 is 9.63 Å². The number of rotatable bonds is 2. The summed E-state index contributed by atoms with van der Waals surface area (Å²) in [5, 5.41) is 15.3. The van der Waals surface area contributed by atoms with Crippen molar-refractivity contribution in [1.29, 1.82) is 0 Å². The number of carbonyl (C=O) groups is 1. The molecule has 0 aliphatic carbocycles. The van der Waals surface area contributed by atoms with Crippen LogP contribution in [0.4, 0.5) is 23.8 Å². The van der Waals surface area contributed by atoms with Crippen molar-refractivity contribution in [1.82, 2.24) is 15.1 Å². The van der Waals surface area contributed by atoms with E-state index < -0.39 is 18.2 Å². The van der Waals surface area contributed by atoms with Crippen LogP contribution >= 0.6 is 0 Å². The predicted octanol–water partition coefficient (Wildman–Crippen LogP) is 3.39. The molecule has 1 amide bonds. The molecule has 2 heterocycles. The van der Waals surface area contributed by atoms with E-state index in [0.717, 1.165) is 0 Å². The summed E-state index contributed by atoms with van der Waals surface area (Å²) in [6, 6.07) is 6.07. The van der Waals surface area contributed by atoms with Gasteiger partial charge in [0.1, 0.15) is 5.82 Å². The number of benzene rings is 1. The zero-order valence-electron chi connectivity index (χ0n) is 11.1. The standard InChI is InChI=1S/C13H7F3N4O3/c14-13(15,16)11-19-10(20-23-11)6-1-2-7-5-17-9(18-12(21)22)4-8(7)3-6/h1-5H,(H,17,18)(H,21,22). The van der Waals surface area contributed by atoms with Gasteiger partial charge in [-0.25, -0.2) is 9.78 Å². The van der Waals surface area contributed by atoms with Gasteiger partial charge in [-0.15, -0.1) is 0 Å². The normalized spacial score (nSPS) is 11.6. The number of fused-ring (bicyclic) bond motifs is 1. The Morgan fingerprint density at radius 2 is 2.00 bits per heavy atom. The van der Waals surface area contributed by atoms with Crippen molar-refractivity contribution in [3.05, 3.63) is 36.4 Å². The number of amides is 1. The molecule has 0 atom stereocenters. The van der Waals surface area contributed by atoms with E-state index in [-0.39, 0.29) is 11.6 Å². The summed E-state index contributed by atoms with van der Waals surface area (Å²) in [7, 11) is 0. The third kappa shape index (κ3) is 3.05. The van der Waals surface area contributed by atoms with E-state index >= 15 is 0 Å². The molecule has 3 aromatic rings. The topological polar surface area (TPSA) is 101 Å². The summed E-state index contributed by atoms with van der Waals surface area (Å²) in [4.78, 5) is 17.8. The molecule has 0 spiro atoms. The molecule has 10 heteroatoms. The summed E-state index contributed by atoms with van der Waals surface area (Å²) >= 11 is 0. The summed E-state index contributed by atoms with van der Waals surface area (Å²) in [6.07, 6.45) is -4.56. The van der Waals surface area contributed by atoms with Crippen LogP contribution in [0.2, 0.25) is 0 Å². The molecule has 0 unspecified atom stereocenters. The Labute approximate surface area is 125 Å². The van der Waals surface area contributed by atoms with Crippen molar-refractivity contribution >= 4 is 22.7 Å². The van der Waals surface area contributed by atoms with Crippen LogP contribution in [0.15, 0.2) is 35.0 Å². The molecular formula is C13H7F3N4O3. The van der Waals surface area contributed by atoms with Crippen molar-refractivity contribution in [2.24, 2.45) is 0 Å². The highest BCUT2D eigenvalue weighted by Crippen LogP contribution is 2.30. The van der Waals surface area contributed by atoms with E-state index in [4.69, 9.17) is 5.11 Å². The molecule has 0 fully saturated rings. The van der Waals surface area contributed by atoms with E-state index in [1.165, 1.54) is 24.4 Å². The van der Waals surface area contributed by atoms with Crippen LogP contribution in [-0.2, 0) is 6.18 Å². The number of anilines is 1. The molecule has 0 aliphatic rings. The van der Waals surface area contributed by atoms with Crippen LogP contribution in [-0.4, -0.2) is 26.3 Å². The minimum atomic E-state index is -4.72. The van der Waals surface area contributed by atoms with Crippen LogP contribution in [0.5, 0.6) is 0 Å². The Balaban J connectivity index is 2.01. The molecule has 2 N–H and O–H groups in total. The first-order chi connectivity index (χ1) is 10.8. The van der Waals surface area contributed by atoms with Crippen LogP contribution in [0, 0.1) is 0 Å². The molecule has 0 saturated heterocycles. The largest absolute Gasteiger partial charge is 0.471 e. The van der Waals surface area contributed by atoms with Gasteiger partial charge in [-0.1, -0.05) is 17.3 Å². The zero-order chi connectivity index (χ0) is 16.6. The fourth-order valence-electron chi connectivity index (χ4n) is 1.91. The highest BCUT2D eigenvalue weighted by Gasteiger charge is 2.38. The number of hydrogen-bond donors (Lipinski definition) is 2. The van der Waals surface area contributed by atoms with Gasteiger partial charge >= 0.3 is 18.2 Å². The van der Waals surface area contributed by atoms with Crippen molar-refractivity contribution in [2.75, 3.05) is 5.32 Å². The van der Waals surface area contributed by atoms with Crippen LogP contribution in [0.1, 0.15) is 5.89 Å². The highest BCUT2D eigenvalue weighted by atomic mass is 19.4. The van der Waals surface area contributed by atoms with Gasteiger partial charge in [-0.05, 0) is 17.5 Å². The quantitative estimate of drug-likeness (QED) is 0.749. The van der Waals surface area contributed by atoms with E-state index in [0.29, 0.717) is 16.3 Å². The third-order valence-electron chi connectivity index (χ3n) is 2.88. The lowest BCUT2D eigenvalue weighted by molar-refractivity contribution is -0.159. The van der Waals surface area contributed by atoms with Crippen molar-refractivity contribution in [3.63, 3.8) is 0 Å². The summed E-state index contributed by atoms with van der Waals surface area (Å²) in [6.45, 7) is 0. The van der Waals surface area contributed by atoms with Gasteiger partial charge in [0.2, 0.25) is 5.82 Å². The molecule has 0 bridgehead atoms. The summed E-state index contributed by atoms with van der Waals surface area (Å²) in [5.74, 6) is -1.56. The molecular weight excluding hydrogens is 317 g/mol. The SMILES string of the molecule is O=C(O)Nc1cc2cc(-c3noc(C(F)(F)F)n3)ccc2cn1. The van der Waals surface area contributed by atoms with Crippen LogP contribution < -0.4 is 5.32 Å². The average molecular weight is 324 g/mol. The Hall–Kier alpha value is -3.17. The van der Waals surface area contributed by atoms with Gasteiger partial charge in [-0.2, -0.15) is 18.2 Å².